The van der Waals surface area contributed by atoms with Crippen LogP contribution in [0.4, 0.5) is 5.69 Å². The van der Waals surface area contributed by atoms with Gasteiger partial charge in [0.1, 0.15) is 5.75 Å². The van der Waals surface area contributed by atoms with E-state index in [4.69, 9.17) is 5.11 Å². The number of fused-ring (bicyclic) bond motifs is 1. The molecular formula is C27H33NO4S. The summed E-state index contributed by atoms with van der Waals surface area (Å²) < 4.78 is 0. The molecule has 0 radical (unpaired) electrons. The summed E-state index contributed by atoms with van der Waals surface area (Å²) in [6.07, 6.45) is 2.28. The van der Waals surface area contributed by atoms with Crippen LogP contribution in [0.25, 0.3) is 6.08 Å². The normalized spacial score (nSPS) is 15.6. The summed E-state index contributed by atoms with van der Waals surface area (Å²) in [7, 11) is 0. The Labute approximate surface area is 200 Å². The molecule has 0 spiro atoms. The predicted molar refractivity (Wildman–Crippen MR) is 135 cm³/mol. The molecule has 0 atom stereocenters. The summed E-state index contributed by atoms with van der Waals surface area (Å²) in [5, 5.41) is 20.0. The first kappa shape index (κ1) is 24.9. The van der Waals surface area contributed by atoms with Crippen molar-refractivity contribution in [1.82, 2.24) is 0 Å². The predicted octanol–water partition coefficient (Wildman–Crippen LogP) is 6.33. The summed E-state index contributed by atoms with van der Waals surface area (Å²) in [4.78, 5) is 27.6. The zero-order valence-corrected chi connectivity index (χ0v) is 21.0. The first-order valence-corrected chi connectivity index (χ1v) is 12.0. The lowest BCUT2D eigenvalue weighted by atomic mass is 9.78. The largest absolute Gasteiger partial charge is 0.507 e. The number of carbonyl (C=O) groups is 2. The molecule has 0 bridgehead atoms. The second-order valence-corrected chi connectivity index (χ2v) is 11.6. The fourth-order valence-corrected chi connectivity index (χ4v) is 4.97. The number of carbonyl (C=O) groups excluding carboxylic acids is 1. The second-order valence-electron chi connectivity index (χ2n) is 10.5. The highest BCUT2D eigenvalue weighted by molar-refractivity contribution is 8.04. The number of aliphatic carboxylic acids is 1. The van der Waals surface area contributed by atoms with E-state index in [9.17, 15) is 14.7 Å². The first-order valence-electron chi connectivity index (χ1n) is 11.2. The van der Waals surface area contributed by atoms with Crippen LogP contribution >= 0.6 is 11.8 Å². The molecule has 1 amide bonds. The van der Waals surface area contributed by atoms with Gasteiger partial charge in [0.25, 0.3) is 5.91 Å². The lowest BCUT2D eigenvalue weighted by molar-refractivity contribution is -0.137. The molecule has 1 heterocycles. The molecule has 2 aromatic carbocycles. The van der Waals surface area contributed by atoms with Crippen LogP contribution in [-0.2, 0) is 20.4 Å². The minimum absolute atomic E-state index is 0.0139. The van der Waals surface area contributed by atoms with Gasteiger partial charge in [-0.05, 0) is 53.2 Å². The van der Waals surface area contributed by atoms with Gasteiger partial charge in [0.15, 0.2) is 0 Å². The summed E-state index contributed by atoms with van der Waals surface area (Å²) in [5.74, 6) is -0.696. The van der Waals surface area contributed by atoms with Crippen LogP contribution in [0.5, 0.6) is 5.75 Å². The lowest BCUT2D eigenvalue weighted by Crippen LogP contribution is -2.35. The van der Waals surface area contributed by atoms with Gasteiger partial charge < -0.3 is 15.1 Å². The van der Waals surface area contributed by atoms with Crippen molar-refractivity contribution in [3.05, 3.63) is 58.0 Å². The number of hydrogen-bond donors (Lipinski definition) is 2. The zero-order valence-electron chi connectivity index (χ0n) is 20.2. The average molecular weight is 468 g/mol. The quantitative estimate of drug-likeness (QED) is 0.502. The highest BCUT2D eigenvalue weighted by atomic mass is 32.2. The van der Waals surface area contributed by atoms with Gasteiger partial charge in [-0.3, -0.25) is 9.59 Å². The number of rotatable bonds is 5. The van der Waals surface area contributed by atoms with Crippen molar-refractivity contribution >= 4 is 35.4 Å². The van der Waals surface area contributed by atoms with Crippen LogP contribution < -0.4 is 4.90 Å². The summed E-state index contributed by atoms with van der Waals surface area (Å²) in [6.45, 7) is 12.7. The van der Waals surface area contributed by atoms with Gasteiger partial charge in [-0.25, -0.2) is 0 Å². The van der Waals surface area contributed by atoms with Crippen LogP contribution in [0.3, 0.4) is 0 Å². The maximum Gasteiger partial charge on any atom is 0.303 e. The standard InChI is InChI=1S/C27H33NO4S/c1-26(2,3)18-14-17(15-19(24(18)31)27(4,5)6)16-22-25(32)28(13-9-12-23(29)30)20-10-7-8-11-21(20)33-22/h7-8,10-11,14-16,31H,9,12-13H2,1-6H3,(H,29,30). The molecule has 5 nitrogen and oxygen atoms in total. The molecule has 0 aliphatic carbocycles. The first-order chi connectivity index (χ1) is 15.3. The molecule has 0 aromatic heterocycles. The number of benzene rings is 2. The number of aromatic hydroxyl groups is 1. The number of carboxylic acids is 1. The van der Waals surface area contributed by atoms with Crippen molar-refractivity contribution in [2.75, 3.05) is 11.4 Å². The van der Waals surface area contributed by atoms with E-state index in [1.807, 2.05) is 42.5 Å². The number of hydrogen-bond acceptors (Lipinski definition) is 4. The zero-order chi connectivity index (χ0) is 24.6. The number of para-hydroxylation sites is 1. The maximum atomic E-state index is 13.4. The van der Waals surface area contributed by atoms with Crippen molar-refractivity contribution in [1.29, 1.82) is 0 Å². The number of carboxylic acid groups (broad SMARTS) is 1. The van der Waals surface area contributed by atoms with E-state index in [1.54, 1.807) is 4.90 Å². The Balaban J connectivity index is 2.09. The van der Waals surface area contributed by atoms with Gasteiger partial charge >= 0.3 is 5.97 Å². The van der Waals surface area contributed by atoms with Crippen LogP contribution in [0.15, 0.2) is 46.2 Å². The van der Waals surface area contributed by atoms with Crippen molar-refractivity contribution in [3.63, 3.8) is 0 Å². The SMILES string of the molecule is CC(C)(C)c1cc(C=C2Sc3ccccc3N(CCCC(=O)O)C2=O)cc(C(C)(C)C)c1O. The minimum atomic E-state index is -0.869. The summed E-state index contributed by atoms with van der Waals surface area (Å²) >= 11 is 1.43. The third-order valence-electron chi connectivity index (χ3n) is 5.65. The van der Waals surface area contributed by atoms with Crippen molar-refractivity contribution < 1.29 is 19.8 Å². The van der Waals surface area contributed by atoms with Gasteiger partial charge in [-0.15, -0.1) is 0 Å². The highest BCUT2D eigenvalue weighted by Gasteiger charge is 2.30. The minimum Gasteiger partial charge on any atom is -0.507 e. The van der Waals surface area contributed by atoms with E-state index < -0.39 is 5.97 Å². The van der Waals surface area contributed by atoms with Gasteiger partial charge in [0.05, 0.1) is 10.6 Å². The molecule has 6 heteroatoms. The molecule has 1 aliphatic heterocycles. The third kappa shape index (κ3) is 5.61. The number of amides is 1. The number of anilines is 1. The van der Waals surface area contributed by atoms with E-state index in [-0.39, 0.29) is 23.2 Å². The molecule has 176 valence electrons. The average Bonchev–Trinajstić information content (AvgIpc) is 2.69. The smallest absolute Gasteiger partial charge is 0.303 e. The van der Waals surface area contributed by atoms with E-state index in [0.717, 1.165) is 27.3 Å². The number of thioether (sulfide) groups is 1. The lowest BCUT2D eigenvalue weighted by Gasteiger charge is -2.31. The number of phenols is 1. The Morgan fingerprint density at radius 3 is 2.15 bits per heavy atom. The molecule has 0 saturated carbocycles. The summed E-state index contributed by atoms with van der Waals surface area (Å²) in [5.41, 5.74) is 2.83. The molecule has 2 N–H and O–H groups in total. The molecule has 0 unspecified atom stereocenters. The Bertz CT molecular complexity index is 1070. The van der Waals surface area contributed by atoms with Gasteiger partial charge in [-0.2, -0.15) is 0 Å². The fraction of sp³-hybridized carbons (Fsp3) is 0.407. The van der Waals surface area contributed by atoms with Gasteiger partial charge in [-0.1, -0.05) is 65.4 Å². The topological polar surface area (TPSA) is 77.8 Å². The van der Waals surface area contributed by atoms with E-state index in [1.165, 1.54) is 11.8 Å². The fourth-order valence-electron chi connectivity index (χ4n) is 3.91. The van der Waals surface area contributed by atoms with Crippen LogP contribution in [0.1, 0.15) is 71.1 Å². The van der Waals surface area contributed by atoms with E-state index in [0.29, 0.717) is 23.6 Å². The Kier molecular flexibility index (Phi) is 6.99. The van der Waals surface area contributed by atoms with Gasteiger partial charge in [0, 0.05) is 29.0 Å². The maximum absolute atomic E-state index is 13.4. The van der Waals surface area contributed by atoms with Crippen molar-refractivity contribution in [3.8, 4) is 5.75 Å². The molecule has 0 saturated heterocycles. The van der Waals surface area contributed by atoms with Gasteiger partial charge in [0.2, 0.25) is 0 Å². The van der Waals surface area contributed by atoms with Crippen LogP contribution in [0, 0.1) is 0 Å². The molecule has 0 fully saturated rings. The monoisotopic (exact) mass is 467 g/mol. The number of phenolic OH excluding ortho intramolecular Hbond substituents is 1. The van der Waals surface area contributed by atoms with Crippen molar-refractivity contribution in [2.24, 2.45) is 0 Å². The van der Waals surface area contributed by atoms with Crippen LogP contribution in [0.2, 0.25) is 0 Å². The second kappa shape index (κ2) is 9.26. The Hall–Kier alpha value is -2.73. The van der Waals surface area contributed by atoms with E-state index in [2.05, 4.69) is 41.5 Å². The molecule has 1 aliphatic rings. The van der Waals surface area contributed by atoms with Crippen LogP contribution in [-0.4, -0.2) is 28.6 Å². The van der Waals surface area contributed by atoms with Crippen molar-refractivity contribution in [2.45, 2.75) is 70.1 Å². The highest BCUT2D eigenvalue weighted by Crippen LogP contribution is 2.44. The molecule has 33 heavy (non-hydrogen) atoms. The Morgan fingerprint density at radius 2 is 1.61 bits per heavy atom. The molecule has 3 rings (SSSR count). The Morgan fingerprint density at radius 1 is 1.03 bits per heavy atom. The molecular weight excluding hydrogens is 434 g/mol. The summed E-state index contributed by atoms with van der Waals surface area (Å²) in [6, 6.07) is 11.6. The number of nitrogens with zero attached hydrogens (tertiary/aromatic N) is 1. The van der Waals surface area contributed by atoms with E-state index >= 15 is 0 Å². The molecule has 2 aromatic rings. The third-order valence-corrected chi connectivity index (χ3v) is 6.73.